The van der Waals surface area contributed by atoms with Crippen LogP contribution in [-0.4, -0.2) is 38.6 Å². The van der Waals surface area contributed by atoms with Gasteiger partial charge in [-0.05, 0) is 79.8 Å². The Bertz CT molecular complexity index is 1500. The monoisotopic (exact) mass is 526 g/mol. The summed E-state index contributed by atoms with van der Waals surface area (Å²) in [6.07, 6.45) is 11.9. The minimum Gasteiger partial charge on any atom is -0.508 e. The number of hydrogen-bond donors (Lipinski definition) is 2. The van der Waals surface area contributed by atoms with Crippen molar-refractivity contribution >= 4 is 33.5 Å². The number of hydrogen-bond acceptors (Lipinski definition) is 6. The summed E-state index contributed by atoms with van der Waals surface area (Å²) >= 11 is 0. The number of aryl methyl sites for hydroxylation is 3. The first kappa shape index (κ1) is 28.1. The van der Waals surface area contributed by atoms with E-state index in [0.29, 0.717) is 37.7 Å². The van der Waals surface area contributed by atoms with Crippen molar-refractivity contribution in [1.82, 2.24) is 14.5 Å². The number of aromatic hydroxyl groups is 1. The Morgan fingerprint density at radius 3 is 2.62 bits per heavy atom. The summed E-state index contributed by atoms with van der Waals surface area (Å²) in [6.45, 7) is 6.03. The Balaban J connectivity index is 1.56. The Labute approximate surface area is 230 Å². The SMILES string of the molecule is C#CC(=O)CCCCOCCCc1ccc2nc(N)c3nc(CCCC)n(Cc4ccc(O)c(C)c4)c3c2c1. The predicted octanol–water partition coefficient (Wildman–Crippen LogP) is 5.89. The summed E-state index contributed by atoms with van der Waals surface area (Å²) in [6, 6.07) is 12.1. The average Bonchev–Trinajstić information content (AvgIpc) is 3.29. The number of carbonyl (C=O) groups excluding carboxylic acids is 1. The molecular formula is C32H38N4O3. The van der Waals surface area contributed by atoms with Crippen molar-refractivity contribution in [3.8, 4) is 18.1 Å². The summed E-state index contributed by atoms with van der Waals surface area (Å²) in [7, 11) is 0. The summed E-state index contributed by atoms with van der Waals surface area (Å²) in [4.78, 5) is 20.8. The Kier molecular flexibility index (Phi) is 9.56. The number of nitrogens with zero attached hydrogens (tertiary/aromatic N) is 3. The van der Waals surface area contributed by atoms with Gasteiger partial charge in [-0.2, -0.15) is 0 Å². The number of Topliss-reactive ketones (excluding diaryl/α,β-unsaturated/α-hetero) is 1. The van der Waals surface area contributed by atoms with Crippen molar-refractivity contribution in [3.05, 3.63) is 58.9 Å². The third-order valence-corrected chi connectivity index (χ3v) is 7.06. The van der Waals surface area contributed by atoms with Gasteiger partial charge in [0.1, 0.15) is 17.1 Å². The van der Waals surface area contributed by atoms with Crippen LogP contribution in [0.15, 0.2) is 36.4 Å². The number of carbonyl (C=O) groups is 1. The molecule has 3 N–H and O–H groups in total. The molecule has 7 heteroatoms. The van der Waals surface area contributed by atoms with E-state index in [4.69, 9.17) is 21.9 Å². The van der Waals surface area contributed by atoms with Crippen molar-refractivity contribution in [2.24, 2.45) is 0 Å². The van der Waals surface area contributed by atoms with Crippen LogP contribution >= 0.6 is 0 Å². The number of pyridine rings is 1. The number of phenols is 1. The standard InChI is InChI=1S/C32H38N4O3/c1-4-6-12-29-35-30-31(36(29)21-24-14-16-28(38)22(3)19-24)26-20-23(13-15-27(26)34-32(30)33)10-9-18-39-17-8-7-11-25(37)5-2/h2,13-16,19-20,38H,4,6-12,17-18,21H2,1,3H3,(H2,33,34). The molecule has 4 aromatic rings. The van der Waals surface area contributed by atoms with Gasteiger partial charge in [0, 0.05) is 38.0 Å². The third kappa shape index (κ3) is 6.96. The molecule has 0 aliphatic heterocycles. The van der Waals surface area contributed by atoms with Gasteiger partial charge in [-0.25, -0.2) is 9.97 Å². The average molecular weight is 527 g/mol. The van der Waals surface area contributed by atoms with Crippen molar-refractivity contribution in [1.29, 1.82) is 0 Å². The number of nitrogen functional groups attached to an aromatic ring is 1. The lowest BCUT2D eigenvalue weighted by Gasteiger charge is -2.13. The number of fused-ring (bicyclic) bond motifs is 3. The van der Waals surface area contributed by atoms with Crippen LogP contribution in [0, 0.1) is 19.3 Å². The quantitative estimate of drug-likeness (QED) is 0.121. The first-order valence-corrected chi connectivity index (χ1v) is 13.8. The fourth-order valence-corrected chi connectivity index (χ4v) is 4.90. The molecule has 0 amide bonds. The van der Waals surface area contributed by atoms with E-state index >= 15 is 0 Å². The zero-order valence-corrected chi connectivity index (χ0v) is 23.0. The largest absolute Gasteiger partial charge is 0.508 e. The summed E-state index contributed by atoms with van der Waals surface area (Å²) in [5.74, 6) is 3.75. The number of anilines is 1. The molecule has 204 valence electrons. The van der Waals surface area contributed by atoms with Crippen LogP contribution in [0.25, 0.3) is 21.9 Å². The highest BCUT2D eigenvalue weighted by Gasteiger charge is 2.18. The maximum absolute atomic E-state index is 11.2. The highest BCUT2D eigenvalue weighted by Crippen LogP contribution is 2.31. The number of phenolic OH excluding ortho intramolecular Hbond substituents is 1. The van der Waals surface area contributed by atoms with E-state index in [-0.39, 0.29) is 5.78 Å². The zero-order chi connectivity index (χ0) is 27.8. The molecule has 0 radical (unpaired) electrons. The molecule has 2 aromatic heterocycles. The fraction of sp³-hybridized carbons (Fsp3) is 0.406. The van der Waals surface area contributed by atoms with Crippen LogP contribution < -0.4 is 5.73 Å². The minimum atomic E-state index is -0.145. The number of imidazole rings is 1. The van der Waals surface area contributed by atoms with E-state index < -0.39 is 0 Å². The van der Waals surface area contributed by atoms with E-state index in [1.807, 2.05) is 25.1 Å². The molecule has 39 heavy (non-hydrogen) atoms. The smallest absolute Gasteiger partial charge is 0.205 e. The number of rotatable bonds is 14. The van der Waals surface area contributed by atoms with Crippen LogP contribution in [0.3, 0.4) is 0 Å². The predicted molar refractivity (Wildman–Crippen MR) is 157 cm³/mol. The zero-order valence-electron chi connectivity index (χ0n) is 23.0. The molecule has 0 saturated carbocycles. The van der Waals surface area contributed by atoms with E-state index in [2.05, 4.69) is 34.5 Å². The number of benzene rings is 2. The molecule has 0 aliphatic carbocycles. The second-order valence-electron chi connectivity index (χ2n) is 10.1. The van der Waals surface area contributed by atoms with Crippen molar-refractivity contribution in [2.45, 2.75) is 71.8 Å². The third-order valence-electron chi connectivity index (χ3n) is 7.06. The van der Waals surface area contributed by atoms with Gasteiger partial charge >= 0.3 is 0 Å². The van der Waals surface area contributed by atoms with Gasteiger partial charge in [0.2, 0.25) is 5.78 Å². The number of ketones is 1. The molecule has 0 saturated heterocycles. The molecule has 4 rings (SSSR count). The first-order chi connectivity index (χ1) is 18.9. The van der Waals surface area contributed by atoms with Crippen LogP contribution in [0.2, 0.25) is 0 Å². The number of unbranched alkanes of at least 4 members (excludes halogenated alkanes) is 2. The number of aromatic nitrogens is 3. The van der Waals surface area contributed by atoms with E-state index in [9.17, 15) is 9.90 Å². The van der Waals surface area contributed by atoms with Crippen LogP contribution in [0.5, 0.6) is 5.75 Å². The lowest BCUT2D eigenvalue weighted by atomic mass is 10.1. The van der Waals surface area contributed by atoms with E-state index in [0.717, 1.165) is 83.8 Å². The molecule has 0 atom stereocenters. The Morgan fingerprint density at radius 1 is 1.05 bits per heavy atom. The highest BCUT2D eigenvalue weighted by molar-refractivity contribution is 6.06. The molecule has 0 bridgehead atoms. The number of ether oxygens (including phenoxy) is 1. The van der Waals surface area contributed by atoms with E-state index in [1.54, 1.807) is 6.07 Å². The molecular weight excluding hydrogens is 488 g/mol. The van der Waals surface area contributed by atoms with Gasteiger partial charge < -0.3 is 20.1 Å². The van der Waals surface area contributed by atoms with Crippen molar-refractivity contribution in [2.75, 3.05) is 18.9 Å². The lowest BCUT2D eigenvalue weighted by molar-refractivity contribution is -0.113. The molecule has 2 heterocycles. The summed E-state index contributed by atoms with van der Waals surface area (Å²) in [5.41, 5.74) is 12.2. The fourth-order valence-electron chi connectivity index (χ4n) is 4.90. The molecule has 0 aliphatic rings. The van der Waals surface area contributed by atoms with Crippen LogP contribution in [0.1, 0.15) is 68.0 Å². The molecule has 0 spiro atoms. The molecule has 0 unspecified atom stereocenters. The topological polar surface area (TPSA) is 103 Å². The lowest BCUT2D eigenvalue weighted by Crippen LogP contribution is -2.06. The Morgan fingerprint density at radius 2 is 1.85 bits per heavy atom. The summed E-state index contributed by atoms with van der Waals surface area (Å²) in [5, 5.41) is 11.1. The van der Waals surface area contributed by atoms with Crippen molar-refractivity contribution < 1.29 is 14.6 Å². The number of nitrogens with two attached hydrogens (primary N) is 1. The maximum Gasteiger partial charge on any atom is 0.205 e. The number of terminal acetylenes is 1. The van der Waals surface area contributed by atoms with Gasteiger partial charge in [-0.15, -0.1) is 6.42 Å². The first-order valence-electron chi connectivity index (χ1n) is 13.8. The normalized spacial score (nSPS) is 11.3. The van der Waals surface area contributed by atoms with Gasteiger partial charge in [0.15, 0.2) is 5.82 Å². The molecule has 7 nitrogen and oxygen atoms in total. The van der Waals surface area contributed by atoms with Gasteiger partial charge in [-0.3, -0.25) is 4.79 Å². The molecule has 0 fully saturated rings. The molecule has 2 aromatic carbocycles. The Hall–Kier alpha value is -3.89. The van der Waals surface area contributed by atoms with Crippen LogP contribution in [-0.2, 0) is 28.9 Å². The maximum atomic E-state index is 11.2. The van der Waals surface area contributed by atoms with Gasteiger partial charge in [-0.1, -0.05) is 31.5 Å². The second kappa shape index (κ2) is 13.3. The van der Waals surface area contributed by atoms with Crippen molar-refractivity contribution in [3.63, 3.8) is 0 Å². The minimum absolute atomic E-state index is 0.145. The summed E-state index contributed by atoms with van der Waals surface area (Å²) < 4.78 is 8.04. The highest BCUT2D eigenvalue weighted by atomic mass is 16.5. The van der Waals surface area contributed by atoms with E-state index in [1.165, 1.54) is 5.56 Å². The van der Waals surface area contributed by atoms with Crippen LogP contribution in [0.4, 0.5) is 5.82 Å². The van der Waals surface area contributed by atoms with Gasteiger partial charge in [0.25, 0.3) is 0 Å². The second-order valence-corrected chi connectivity index (χ2v) is 10.1. The van der Waals surface area contributed by atoms with Gasteiger partial charge in [0.05, 0.1) is 11.0 Å².